The third-order valence-electron chi connectivity index (χ3n) is 3.09. The van der Waals surface area contributed by atoms with Crippen molar-refractivity contribution in [3.63, 3.8) is 0 Å². The number of likely N-dealkylation sites (N-methyl/N-ethyl adjacent to an activating group) is 1. The summed E-state index contributed by atoms with van der Waals surface area (Å²) in [6, 6.07) is 2.19. The van der Waals surface area contributed by atoms with Gasteiger partial charge in [0.15, 0.2) is 0 Å². The van der Waals surface area contributed by atoms with Gasteiger partial charge in [0.2, 0.25) is 0 Å². The van der Waals surface area contributed by atoms with E-state index in [0.717, 1.165) is 30.4 Å². The zero-order valence-electron chi connectivity index (χ0n) is 10.2. The summed E-state index contributed by atoms with van der Waals surface area (Å²) in [5.74, 6) is 0.111. The van der Waals surface area contributed by atoms with Crippen LogP contribution in [0.15, 0.2) is 16.7 Å². The van der Waals surface area contributed by atoms with Crippen LogP contribution < -0.4 is 0 Å². The van der Waals surface area contributed by atoms with Crippen LogP contribution in [-0.2, 0) is 0 Å². The van der Waals surface area contributed by atoms with Crippen molar-refractivity contribution in [3.8, 4) is 0 Å². The Hall–Kier alpha value is -0.810. The topological polar surface area (TPSA) is 39.3 Å². The highest BCUT2D eigenvalue weighted by atomic mass is 79.9. The average molecular weight is 300 g/mol. The van der Waals surface area contributed by atoms with E-state index in [1.54, 1.807) is 6.20 Å². The standard InChI is InChI=1S/C12H18BrN3O/c1-15(2)8-10-4-3-5-16(10)12(17)11-6-9(13)7-14-11/h6-7,10,14H,3-5,8H2,1-2H3. The van der Waals surface area contributed by atoms with E-state index in [2.05, 4.69) is 25.8 Å². The average Bonchev–Trinajstić information content (AvgIpc) is 2.85. The first-order valence-corrected chi connectivity index (χ1v) is 6.67. The fourth-order valence-corrected chi connectivity index (χ4v) is 2.70. The maximum Gasteiger partial charge on any atom is 0.270 e. The Balaban J connectivity index is 2.08. The predicted molar refractivity (Wildman–Crippen MR) is 71.1 cm³/mol. The lowest BCUT2D eigenvalue weighted by Gasteiger charge is -2.26. The molecule has 94 valence electrons. The molecule has 0 saturated carbocycles. The lowest BCUT2D eigenvalue weighted by molar-refractivity contribution is 0.0711. The minimum absolute atomic E-state index is 0.111. The van der Waals surface area contributed by atoms with E-state index >= 15 is 0 Å². The van der Waals surface area contributed by atoms with Crippen LogP contribution in [0.5, 0.6) is 0 Å². The number of rotatable bonds is 3. The zero-order valence-corrected chi connectivity index (χ0v) is 11.8. The van der Waals surface area contributed by atoms with Gasteiger partial charge in [-0.25, -0.2) is 0 Å². The molecule has 0 aromatic carbocycles. The first-order chi connectivity index (χ1) is 8.08. The van der Waals surface area contributed by atoms with Crippen molar-refractivity contribution in [2.75, 3.05) is 27.2 Å². The Morgan fingerprint density at radius 3 is 3.00 bits per heavy atom. The van der Waals surface area contributed by atoms with Gasteiger partial charge in [-0.05, 0) is 48.9 Å². The summed E-state index contributed by atoms with van der Waals surface area (Å²) >= 11 is 3.35. The number of hydrogen-bond donors (Lipinski definition) is 1. The van der Waals surface area contributed by atoms with Gasteiger partial charge < -0.3 is 14.8 Å². The van der Waals surface area contributed by atoms with Gasteiger partial charge in [-0.2, -0.15) is 0 Å². The Morgan fingerprint density at radius 1 is 1.65 bits per heavy atom. The maximum atomic E-state index is 12.3. The summed E-state index contributed by atoms with van der Waals surface area (Å²) in [4.78, 5) is 19.4. The van der Waals surface area contributed by atoms with Crippen LogP contribution in [-0.4, -0.2) is 53.9 Å². The Morgan fingerprint density at radius 2 is 2.41 bits per heavy atom. The van der Waals surface area contributed by atoms with Crippen molar-refractivity contribution >= 4 is 21.8 Å². The molecular formula is C12H18BrN3O. The van der Waals surface area contributed by atoms with E-state index < -0.39 is 0 Å². The molecular weight excluding hydrogens is 282 g/mol. The molecule has 17 heavy (non-hydrogen) atoms. The number of carbonyl (C=O) groups is 1. The van der Waals surface area contributed by atoms with E-state index in [-0.39, 0.29) is 5.91 Å². The Kier molecular flexibility index (Phi) is 3.89. The highest BCUT2D eigenvalue weighted by Crippen LogP contribution is 2.21. The highest BCUT2D eigenvalue weighted by Gasteiger charge is 2.30. The summed E-state index contributed by atoms with van der Waals surface area (Å²) < 4.78 is 0.921. The van der Waals surface area contributed by atoms with Crippen molar-refractivity contribution in [2.45, 2.75) is 18.9 Å². The van der Waals surface area contributed by atoms with E-state index in [0.29, 0.717) is 11.7 Å². The van der Waals surface area contributed by atoms with Gasteiger partial charge in [-0.3, -0.25) is 4.79 Å². The molecule has 1 aliphatic heterocycles. The SMILES string of the molecule is CN(C)CC1CCCN1C(=O)c1cc(Br)c[nH]1. The van der Waals surface area contributed by atoms with Crippen LogP contribution in [0.4, 0.5) is 0 Å². The van der Waals surface area contributed by atoms with Crippen LogP contribution in [0.25, 0.3) is 0 Å². The van der Waals surface area contributed by atoms with E-state index in [1.807, 2.05) is 25.1 Å². The fraction of sp³-hybridized carbons (Fsp3) is 0.583. The molecule has 1 aromatic rings. The minimum atomic E-state index is 0.111. The number of halogens is 1. The molecule has 1 saturated heterocycles. The van der Waals surface area contributed by atoms with Crippen LogP contribution in [0.2, 0.25) is 0 Å². The van der Waals surface area contributed by atoms with Crippen molar-refractivity contribution < 1.29 is 4.79 Å². The number of likely N-dealkylation sites (tertiary alicyclic amines) is 1. The largest absolute Gasteiger partial charge is 0.356 e. The van der Waals surface area contributed by atoms with Crippen molar-refractivity contribution in [1.29, 1.82) is 0 Å². The summed E-state index contributed by atoms with van der Waals surface area (Å²) in [5.41, 5.74) is 0.669. The number of nitrogens with zero attached hydrogens (tertiary/aromatic N) is 2. The van der Waals surface area contributed by atoms with E-state index in [4.69, 9.17) is 0 Å². The molecule has 1 aromatic heterocycles. The quantitative estimate of drug-likeness (QED) is 0.926. The second kappa shape index (κ2) is 5.23. The summed E-state index contributed by atoms with van der Waals surface area (Å²) in [6.07, 6.45) is 4.00. The van der Waals surface area contributed by atoms with Crippen LogP contribution in [0, 0.1) is 0 Å². The van der Waals surface area contributed by atoms with Gasteiger partial charge in [0.25, 0.3) is 5.91 Å². The lowest BCUT2D eigenvalue weighted by atomic mass is 10.2. The molecule has 0 spiro atoms. The van der Waals surface area contributed by atoms with E-state index in [9.17, 15) is 4.79 Å². The number of amides is 1. The third-order valence-corrected chi connectivity index (χ3v) is 3.55. The Labute approximate surface area is 110 Å². The molecule has 4 nitrogen and oxygen atoms in total. The predicted octanol–water partition coefficient (Wildman–Crippen LogP) is 1.94. The van der Waals surface area contributed by atoms with Crippen molar-refractivity contribution in [1.82, 2.24) is 14.8 Å². The zero-order chi connectivity index (χ0) is 12.4. The van der Waals surface area contributed by atoms with Gasteiger partial charge in [0.1, 0.15) is 5.69 Å². The number of aromatic amines is 1. The smallest absolute Gasteiger partial charge is 0.270 e. The van der Waals surface area contributed by atoms with Gasteiger partial charge in [0.05, 0.1) is 0 Å². The monoisotopic (exact) mass is 299 g/mol. The number of H-pyrrole nitrogens is 1. The van der Waals surface area contributed by atoms with Crippen molar-refractivity contribution in [2.24, 2.45) is 0 Å². The van der Waals surface area contributed by atoms with Crippen LogP contribution in [0.1, 0.15) is 23.3 Å². The molecule has 1 atom stereocenters. The molecule has 0 aliphatic carbocycles. The van der Waals surface area contributed by atoms with Crippen molar-refractivity contribution in [3.05, 3.63) is 22.4 Å². The Bertz CT molecular complexity index is 402. The first kappa shape index (κ1) is 12.6. The highest BCUT2D eigenvalue weighted by molar-refractivity contribution is 9.10. The summed E-state index contributed by atoms with van der Waals surface area (Å²) in [7, 11) is 4.10. The normalized spacial score (nSPS) is 20.2. The molecule has 0 radical (unpaired) electrons. The molecule has 1 aliphatic rings. The van der Waals surface area contributed by atoms with Gasteiger partial charge in [-0.15, -0.1) is 0 Å². The number of carbonyl (C=O) groups excluding carboxylic acids is 1. The minimum Gasteiger partial charge on any atom is -0.356 e. The molecule has 5 heteroatoms. The van der Waals surface area contributed by atoms with Crippen LogP contribution >= 0.6 is 15.9 Å². The second-order valence-electron chi connectivity index (χ2n) is 4.79. The summed E-state index contributed by atoms with van der Waals surface area (Å²) in [5, 5.41) is 0. The molecule has 1 N–H and O–H groups in total. The number of nitrogens with one attached hydrogen (secondary N) is 1. The number of hydrogen-bond acceptors (Lipinski definition) is 2. The third kappa shape index (κ3) is 2.90. The number of aromatic nitrogens is 1. The fourth-order valence-electron chi connectivity index (χ4n) is 2.36. The lowest BCUT2D eigenvalue weighted by Crippen LogP contribution is -2.41. The molecule has 2 heterocycles. The maximum absolute atomic E-state index is 12.3. The van der Waals surface area contributed by atoms with Gasteiger partial charge in [0, 0.05) is 29.8 Å². The molecule has 0 bridgehead atoms. The second-order valence-corrected chi connectivity index (χ2v) is 5.70. The van der Waals surface area contributed by atoms with E-state index in [1.165, 1.54) is 0 Å². The molecule has 2 rings (SSSR count). The van der Waals surface area contributed by atoms with Gasteiger partial charge >= 0.3 is 0 Å². The van der Waals surface area contributed by atoms with Gasteiger partial charge in [-0.1, -0.05) is 0 Å². The molecule has 1 amide bonds. The first-order valence-electron chi connectivity index (χ1n) is 5.87. The van der Waals surface area contributed by atoms with Crippen LogP contribution in [0.3, 0.4) is 0 Å². The molecule has 1 fully saturated rings. The molecule has 1 unspecified atom stereocenters. The summed E-state index contributed by atoms with van der Waals surface area (Å²) in [6.45, 7) is 1.81.